The Morgan fingerprint density at radius 2 is 2.19 bits per heavy atom. The van der Waals surface area contributed by atoms with Gasteiger partial charge in [0.25, 0.3) is 0 Å². The van der Waals surface area contributed by atoms with Crippen molar-refractivity contribution in [2.24, 2.45) is 5.92 Å². The molecule has 1 unspecified atom stereocenters. The van der Waals surface area contributed by atoms with Crippen LogP contribution >= 0.6 is 11.8 Å². The van der Waals surface area contributed by atoms with E-state index in [1.807, 2.05) is 29.8 Å². The Bertz CT molecular complexity index is 834. The molecule has 0 bridgehead atoms. The minimum atomic E-state index is -0.753. The van der Waals surface area contributed by atoms with E-state index in [0.717, 1.165) is 23.7 Å². The van der Waals surface area contributed by atoms with Crippen LogP contribution in [0.3, 0.4) is 0 Å². The van der Waals surface area contributed by atoms with Crippen LogP contribution in [-0.2, 0) is 4.79 Å². The topological polar surface area (TPSA) is 70.7 Å². The van der Waals surface area contributed by atoms with E-state index in [2.05, 4.69) is 42.4 Å². The quantitative estimate of drug-likeness (QED) is 0.753. The van der Waals surface area contributed by atoms with Gasteiger partial charge in [0.2, 0.25) is 5.91 Å². The Kier molecular flexibility index (Phi) is 5.38. The molecule has 0 spiro atoms. The molecule has 0 saturated heterocycles. The summed E-state index contributed by atoms with van der Waals surface area (Å²) in [5, 5.41) is 13.1. The van der Waals surface area contributed by atoms with Crippen molar-refractivity contribution >= 4 is 17.7 Å². The molecule has 3 rings (SSSR count). The van der Waals surface area contributed by atoms with Crippen molar-refractivity contribution in [3.63, 3.8) is 0 Å². The monoisotopic (exact) mass is 368 g/mol. The molecule has 1 saturated carbocycles. The second kappa shape index (κ2) is 7.55. The average molecular weight is 369 g/mol. The van der Waals surface area contributed by atoms with Crippen LogP contribution < -0.4 is 5.32 Å². The van der Waals surface area contributed by atoms with Gasteiger partial charge in [-0.3, -0.25) is 9.36 Å². The number of hydrogen-bond acceptors (Lipinski definition) is 4. The highest BCUT2D eigenvalue weighted by atomic mass is 32.2. The number of rotatable bonds is 7. The van der Waals surface area contributed by atoms with Crippen molar-refractivity contribution in [3.05, 3.63) is 42.2 Å². The summed E-state index contributed by atoms with van der Waals surface area (Å²) < 4.78 is 2.03. The maximum atomic E-state index is 12.3. The van der Waals surface area contributed by atoms with E-state index < -0.39 is 5.54 Å². The third-order valence-electron chi connectivity index (χ3n) is 4.78. The normalized spacial score (nSPS) is 16.1. The maximum absolute atomic E-state index is 12.3. The lowest BCUT2D eigenvalue weighted by Gasteiger charge is -2.22. The number of benzene rings is 1. The number of amides is 1. The smallest absolute Gasteiger partial charge is 0.231 e. The van der Waals surface area contributed by atoms with Gasteiger partial charge in [-0.05, 0) is 43.2 Å². The van der Waals surface area contributed by atoms with Gasteiger partial charge in [-0.25, -0.2) is 4.98 Å². The highest BCUT2D eigenvalue weighted by molar-refractivity contribution is 7.99. The maximum Gasteiger partial charge on any atom is 0.231 e. The SMILES string of the molecule is CC(C)c1ccccc1-n1ccnc1SCC(=O)NC(C)(C#N)C1CC1. The Balaban J connectivity index is 1.70. The molecular formula is C20H24N4OS. The molecule has 1 heterocycles. The molecule has 1 N–H and O–H groups in total. The minimum Gasteiger partial charge on any atom is -0.337 e. The summed E-state index contributed by atoms with van der Waals surface area (Å²) in [4.78, 5) is 16.8. The minimum absolute atomic E-state index is 0.127. The Hall–Kier alpha value is -2.26. The fourth-order valence-electron chi connectivity index (χ4n) is 3.11. The van der Waals surface area contributed by atoms with E-state index in [0.29, 0.717) is 5.92 Å². The number of carbonyl (C=O) groups excluding carboxylic acids is 1. The standard InChI is InChI=1S/C20H24N4OS/c1-14(2)16-6-4-5-7-17(16)24-11-10-22-19(24)26-12-18(25)23-20(3,13-21)15-8-9-15/h4-7,10-11,14-15H,8-9,12H2,1-3H3,(H,23,25). The van der Waals surface area contributed by atoms with Crippen LogP contribution in [0, 0.1) is 17.2 Å². The summed E-state index contributed by atoms with van der Waals surface area (Å²) in [5.74, 6) is 0.786. The first kappa shape index (κ1) is 18.5. The van der Waals surface area contributed by atoms with Gasteiger partial charge in [0.05, 0.1) is 17.5 Å². The van der Waals surface area contributed by atoms with Crippen LogP contribution in [-0.4, -0.2) is 26.8 Å². The first-order valence-electron chi connectivity index (χ1n) is 8.92. The summed E-state index contributed by atoms with van der Waals surface area (Å²) in [5.41, 5.74) is 1.57. The van der Waals surface area contributed by atoms with Gasteiger partial charge < -0.3 is 5.32 Å². The fourth-order valence-corrected chi connectivity index (χ4v) is 3.88. The second-order valence-electron chi connectivity index (χ2n) is 7.22. The van der Waals surface area contributed by atoms with Crippen molar-refractivity contribution in [3.8, 4) is 11.8 Å². The Labute approximate surface area is 158 Å². The molecule has 1 atom stereocenters. The number of para-hydroxylation sites is 1. The van der Waals surface area contributed by atoms with Gasteiger partial charge in [0, 0.05) is 12.4 Å². The van der Waals surface area contributed by atoms with Crippen LogP contribution in [0.2, 0.25) is 0 Å². The van der Waals surface area contributed by atoms with Gasteiger partial charge >= 0.3 is 0 Å². The lowest BCUT2D eigenvalue weighted by atomic mass is 9.98. The number of nitrogens with zero attached hydrogens (tertiary/aromatic N) is 3. The highest BCUT2D eigenvalue weighted by Crippen LogP contribution is 2.39. The van der Waals surface area contributed by atoms with E-state index >= 15 is 0 Å². The number of hydrogen-bond donors (Lipinski definition) is 1. The zero-order valence-electron chi connectivity index (χ0n) is 15.4. The fraction of sp³-hybridized carbons (Fsp3) is 0.450. The highest BCUT2D eigenvalue weighted by Gasteiger charge is 2.42. The van der Waals surface area contributed by atoms with Crippen molar-refractivity contribution in [2.75, 3.05) is 5.75 Å². The first-order chi connectivity index (χ1) is 12.4. The summed E-state index contributed by atoms with van der Waals surface area (Å²) in [6, 6.07) is 10.5. The molecule has 26 heavy (non-hydrogen) atoms. The lowest BCUT2D eigenvalue weighted by molar-refractivity contribution is -0.119. The van der Waals surface area contributed by atoms with E-state index in [9.17, 15) is 10.1 Å². The Morgan fingerprint density at radius 3 is 2.85 bits per heavy atom. The van der Waals surface area contributed by atoms with Crippen LogP contribution in [0.15, 0.2) is 41.8 Å². The summed E-state index contributed by atoms with van der Waals surface area (Å²) in [6.07, 6.45) is 5.69. The molecule has 1 fully saturated rings. The summed E-state index contributed by atoms with van der Waals surface area (Å²) >= 11 is 1.39. The third kappa shape index (κ3) is 3.94. The van der Waals surface area contributed by atoms with Crippen LogP contribution in [0.5, 0.6) is 0 Å². The molecule has 136 valence electrons. The molecule has 1 aromatic carbocycles. The lowest BCUT2D eigenvalue weighted by Crippen LogP contribution is -2.47. The second-order valence-corrected chi connectivity index (χ2v) is 8.16. The van der Waals surface area contributed by atoms with Crippen LogP contribution in [0.25, 0.3) is 5.69 Å². The third-order valence-corrected chi connectivity index (χ3v) is 5.75. The van der Waals surface area contributed by atoms with Crippen molar-refractivity contribution < 1.29 is 4.79 Å². The zero-order chi connectivity index (χ0) is 18.7. The Morgan fingerprint density at radius 1 is 1.46 bits per heavy atom. The summed E-state index contributed by atoms with van der Waals surface area (Å²) in [6.45, 7) is 6.14. The molecule has 1 aliphatic carbocycles. The van der Waals surface area contributed by atoms with E-state index in [4.69, 9.17) is 0 Å². The van der Waals surface area contributed by atoms with Gasteiger partial charge in [-0.1, -0.05) is 43.8 Å². The zero-order valence-corrected chi connectivity index (χ0v) is 16.2. The number of imidazole rings is 1. The van der Waals surface area contributed by atoms with E-state index in [1.165, 1.54) is 17.3 Å². The molecule has 1 amide bonds. The van der Waals surface area contributed by atoms with Crippen molar-refractivity contribution in [1.29, 1.82) is 5.26 Å². The van der Waals surface area contributed by atoms with Gasteiger partial charge in [-0.2, -0.15) is 5.26 Å². The first-order valence-corrected chi connectivity index (χ1v) is 9.91. The largest absolute Gasteiger partial charge is 0.337 e. The van der Waals surface area contributed by atoms with Crippen molar-refractivity contribution in [2.45, 2.75) is 50.2 Å². The number of nitrogens with one attached hydrogen (secondary N) is 1. The molecule has 6 heteroatoms. The number of thioether (sulfide) groups is 1. The number of aromatic nitrogens is 2. The predicted molar refractivity (Wildman–Crippen MR) is 103 cm³/mol. The van der Waals surface area contributed by atoms with Crippen LogP contribution in [0.1, 0.15) is 45.1 Å². The molecule has 0 aliphatic heterocycles. The van der Waals surface area contributed by atoms with Crippen molar-refractivity contribution in [1.82, 2.24) is 14.9 Å². The molecule has 1 aromatic heterocycles. The molecule has 5 nitrogen and oxygen atoms in total. The average Bonchev–Trinajstić information content (AvgIpc) is 3.39. The molecule has 0 radical (unpaired) electrons. The predicted octanol–water partition coefficient (Wildman–Crippen LogP) is 3.90. The molecular weight excluding hydrogens is 344 g/mol. The number of nitriles is 1. The van der Waals surface area contributed by atoms with Crippen LogP contribution in [0.4, 0.5) is 0 Å². The van der Waals surface area contributed by atoms with Gasteiger partial charge in [0.1, 0.15) is 5.54 Å². The van der Waals surface area contributed by atoms with E-state index in [1.54, 1.807) is 6.20 Å². The van der Waals surface area contributed by atoms with Gasteiger partial charge in [-0.15, -0.1) is 0 Å². The van der Waals surface area contributed by atoms with Gasteiger partial charge in [0.15, 0.2) is 5.16 Å². The summed E-state index contributed by atoms with van der Waals surface area (Å²) in [7, 11) is 0. The number of carbonyl (C=O) groups is 1. The van der Waals surface area contributed by atoms with E-state index in [-0.39, 0.29) is 17.6 Å². The molecule has 1 aliphatic rings. The molecule has 2 aromatic rings.